The number of nitrogens with one attached hydrogen (secondary N) is 1. The molecule has 7 heteroatoms. The summed E-state index contributed by atoms with van der Waals surface area (Å²) in [7, 11) is 1.45. The van der Waals surface area contributed by atoms with E-state index in [1.807, 2.05) is 6.07 Å². The molecule has 1 aliphatic heterocycles. The van der Waals surface area contributed by atoms with Crippen molar-refractivity contribution in [3.63, 3.8) is 0 Å². The van der Waals surface area contributed by atoms with E-state index in [9.17, 15) is 9.90 Å². The van der Waals surface area contributed by atoms with Crippen molar-refractivity contribution in [2.75, 3.05) is 13.7 Å². The minimum Gasteiger partial charge on any atom is -0.504 e. The molecule has 7 nitrogen and oxygen atoms in total. The quantitative estimate of drug-likeness (QED) is 0.658. The number of aromatic hydroxyl groups is 1. The molecule has 0 spiro atoms. The molecule has 2 N–H and O–H groups in total. The minimum absolute atomic E-state index is 0.0325. The first-order valence-electron chi connectivity index (χ1n) is 7.26. The molecule has 1 heterocycles. The summed E-state index contributed by atoms with van der Waals surface area (Å²) in [5, 5.41) is 13.4. The highest BCUT2D eigenvalue weighted by Crippen LogP contribution is 2.30. The van der Waals surface area contributed by atoms with Gasteiger partial charge in [0, 0.05) is 0 Å². The SMILES string of the molecule is COc1cc(/C=N\NC(=O)[C@H]2COc3ccccc3O2)ccc1O. The van der Waals surface area contributed by atoms with Crippen molar-refractivity contribution in [3.8, 4) is 23.0 Å². The Morgan fingerprint density at radius 1 is 1.33 bits per heavy atom. The van der Waals surface area contributed by atoms with Gasteiger partial charge in [-0.1, -0.05) is 12.1 Å². The molecule has 124 valence electrons. The Hall–Kier alpha value is -3.22. The lowest BCUT2D eigenvalue weighted by molar-refractivity contribution is -0.130. The number of phenolic OH excluding ortho intramolecular Hbond substituents is 1. The maximum atomic E-state index is 12.1. The smallest absolute Gasteiger partial charge is 0.284 e. The zero-order valence-electron chi connectivity index (χ0n) is 12.9. The Morgan fingerprint density at radius 3 is 2.92 bits per heavy atom. The highest BCUT2D eigenvalue weighted by atomic mass is 16.6. The lowest BCUT2D eigenvalue weighted by Gasteiger charge is -2.24. The van der Waals surface area contributed by atoms with Crippen LogP contribution >= 0.6 is 0 Å². The van der Waals surface area contributed by atoms with Crippen LogP contribution in [0.25, 0.3) is 0 Å². The second kappa shape index (κ2) is 6.91. The zero-order valence-corrected chi connectivity index (χ0v) is 12.9. The van der Waals surface area contributed by atoms with E-state index in [0.29, 0.717) is 22.8 Å². The van der Waals surface area contributed by atoms with Crippen molar-refractivity contribution in [1.82, 2.24) is 5.43 Å². The molecule has 0 aliphatic carbocycles. The molecule has 2 aromatic rings. The molecule has 0 saturated heterocycles. The number of fused-ring (bicyclic) bond motifs is 1. The molecule has 0 bridgehead atoms. The summed E-state index contributed by atoms with van der Waals surface area (Å²) in [5.74, 6) is 1.08. The van der Waals surface area contributed by atoms with Crippen LogP contribution in [0.4, 0.5) is 0 Å². The molecule has 0 aromatic heterocycles. The molecule has 0 radical (unpaired) electrons. The predicted molar refractivity (Wildman–Crippen MR) is 86.7 cm³/mol. The Labute approximate surface area is 138 Å². The van der Waals surface area contributed by atoms with Crippen molar-refractivity contribution >= 4 is 12.1 Å². The van der Waals surface area contributed by atoms with E-state index in [-0.39, 0.29) is 12.4 Å². The molecule has 0 unspecified atom stereocenters. The number of phenols is 1. The van der Waals surface area contributed by atoms with Gasteiger partial charge in [0.2, 0.25) is 6.10 Å². The van der Waals surface area contributed by atoms with Gasteiger partial charge in [-0.15, -0.1) is 0 Å². The average Bonchev–Trinajstić information content (AvgIpc) is 2.62. The van der Waals surface area contributed by atoms with E-state index < -0.39 is 12.0 Å². The number of carbonyl (C=O) groups excluding carboxylic acids is 1. The van der Waals surface area contributed by atoms with E-state index >= 15 is 0 Å². The molecule has 1 amide bonds. The normalized spacial score (nSPS) is 16.0. The van der Waals surface area contributed by atoms with E-state index in [1.54, 1.807) is 30.3 Å². The van der Waals surface area contributed by atoms with Gasteiger partial charge in [-0.05, 0) is 35.9 Å². The molecular formula is C17H16N2O5. The summed E-state index contributed by atoms with van der Waals surface area (Å²) in [6.45, 7) is 0.116. The van der Waals surface area contributed by atoms with Crippen LogP contribution in [0, 0.1) is 0 Å². The highest BCUT2D eigenvalue weighted by Gasteiger charge is 2.26. The van der Waals surface area contributed by atoms with Crippen molar-refractivity contribution < 1.29 is 24.1 Å². The van der Waals surface area contributed by atoms with Crippen molar-refractivity contribution in [3.05, 3.63) is 48.0 Å². The largest absolute Gasteiger partial charge is 0.504 e. The van der Waals surface area contributed by atoms with Gasteiger partial charge in [-0.2, -0.15) is 5.10 Å². The fraction of sp³-hybridized carbons (Fsp3) is 0.176. The van der Waals surface area contributed by atoms with Crippen LogP contribution in [0.3, 0.4) is 0 Å². The van der Waals surface area contributed by atoms with E-state index in [1.165, 1.54) is 19.4 Å². The summed E-state index contributed by atoms with van der Waals surface area (Å²) < 4.78 is 16.1. The number of carbonyl (C=O) groups is 1. The van der Waals surface area contributed by atoms with Crippen LogP contribution in [-0.4, -0.2) is 37.0 Å². The maximum absolute atomic E-state index is 12.1. The summed E-state index contributed by atoms with van der Waals surface area (Å²) in [5.41, 5.74) is 3.07. The number of hydrazone groups is 1. The molecule has 1 atom stereocenters. The lowest BCUT2D eigenvalue weighted by atomic mass is 10.2. The second-order valence-electron chi connectivity index (χ2n) is 5.03. The fourth-order valence-corrected chi connectivity index (χ4v) is 2.17. The zero-order chi connectivity index (χ0) is 16.9. The summed E-state index contributed by atoms with van der Waals surface area (Å²) in [6.07, 6.45) is 0.670. The van der Waals surface area contributed by atoms with Gasteiger partial charge >= 0.3 is 0 Å². The van der Waals surface area contributed by atoms with Crippen LogP contribution in [-0.2, 0) is 4.79 Å². The molecule has 1 aliphatic rings. The number of rotatable bonds is 4. The fourth-order valence-electron chi connectivity index (χ4n) is 2.17. The monoisotopic (exact) mass is 328 g/mol. The molecule has 3 rings (SSSR count). The Bertz CT molecular complexity index is 775. The second-order valence-corrected chi connectivity index (χ2v) is 5.03. The van der Waals surface area contributed by atoms with Gasteiger partial charge in [0.25, 0.3) is 5.91 Å². The van der Waals surface area contributed by atoms with Gasteiger partial charge < -0.3 is 19.3 Å². The Balaban J connectivity index is 1.60. The molecular weight excluding hydrogens is 312 g/mol. The van der Waals surface area contributed by atoms with Crippen molar-refractivity contribution in [2.24, 2.45) is 5.10 Å². The third-order valence-electron chi connectivity index (χ3n) is 3.39. The minimum atomic E-state index is -0.772. The molecule has 0 fully saturated rings. The van der Waals surface area contributed by atoms with Gasteiger partial charge in [-0.25, -0.2) is 5.43 Å². The molecule has 24 heavy (non-hydrogen) atoms. The van der Waals surface area contributed by atoms with Crippen LogP contribution in [0.5, 0.6) is 23.0 Å². The third kappa shape index (κ3) is 3.40. The predicted octanol–water partition coefficient (Wildman–Crippen LogP) is 1.69. The van der Waals surface area contributed by atoms with Crippen LogP contribution in [0.1, 0.15) is 5.56 Å². The highest BCUT2D eigenvalue weighted by molar-refractivity contribution is 5.85. The first-order chi connectivity index (χ1) is 11.7. The van der Waals surface area contributed by atoms with Gasteiger partial charge in [0.05, 0.1) is 13.3 Å². The number of ether oxygens (including phenoxy) is 3. The Morgan fingerprint density at radius 2 is 2.12 bits per heavy atom. The number of amides is 1. The van der Waals surface area contributed by atoms with E-state index in [4.69, 9.17) is 14.2 Å². The van der Waals surface area contributed by atoms with Gasteiger partial charge in [0.15, 0.2) is 23.0 Å². The average molecular weight is 328 g/mol. The van der Waals surface area contributed by atoms with Crippen LogP contribution < -0.4 is 19.6 Å². The molecule has 0 saturated carbocycles. The number of benzene rings is 2. The van der Waals surface area contributed by atoms with Crippen LogP contribution in [0.15, 0.2) is 47.6 Å². The van der Waals surface area contributed by atoms with Crippen molar-refractivity contribution in [2.45, 2.75) is 6.10 Å². The van der Waals surface area contributed by atoms with Gasteiger partial charge in [0.1, 0.15) is 6.61 Å². The first-order valence-corrected chi connectivity index (χ1v) is 7.26. The van der Waals surface area contributed by atoms with E-state index in [2.05, 4.69) is 10.5 Å². The van der Waals surface area contributed by atoms with Crippen molar-refractivity contribution in [1.29, 1.82) is 0 Å². The molecule has 2 aromatic carbocycles. The summed E-state index contributed by atoms with van der Waals surface area (Å²) in [4.78, 5) is 12.1. The van der Waals surface area contributed by atoms with E-state index in [0.717, 1.165) is 0 Å². The lowest BCUT2D eigenvalue weighted by Crippen LogP contribution is -2.42. The summed E-state index contributed by atoms with van der Waals surface area (Å²) >= 11 is 0. The Kier molecular flexibility index (Phi) is 4.51. The number of nitrogens with zero attached hydrogens (tertiary/aromatic N) is 1. The number of hydrogen-bond donors (Lipinski definition) is 2. The van der Waals surface area contributed by atoms with Gasteiger partial charge in [-0.3, -0.25) is 4.79 Å². The topological polar surface area (TPSA) is 89.4 Å². The number of hydrogen-bond acceptors (Lipinski definition) is 6. The summed E-state index contributed by atoms with van der Waals surface area (Å²) in [6, 6.07) is 11.9. The number of methoxy groups -OCH3 is 1. The third-order valence-corrected chi connectivity index (χ3v) is 3.39. The first kappa shape index (κ1) is 15.7. The number of para-hydroxylation sites is 2. The maximum Gasteiger partial charge on any atom is 0.284 e. The standard InChI is InChI=1S/C17H16N2O5/c1-22-15-8-11(6-7-12(15)20)9-18-19-17(21)16-10-23-13-4-2-3-5-14(13)24-16/h2-9,16,20H,10H2,1H3,(H,19,21)/b18-9-/t16-/m1/s1. The van der Waals surface area contributed by atoms with Crippen LogP contribution in [0.2, 0.25) is 0 Å².